The molecule has 29 heavy (non-hydrogen) atoms. The third-order valence-corrected chi connectivity index (χ3v) is 8.15. The number of nitrogens with one attached hydrogen (secondary N) is 1. The van der Waals surface area contributed by atoms with Crippen LogP contribution in [0, 0.1) is 11.8 Å². The quantitative estimate of drug-likeness (QED) is 0.752. The first kappa shape index (κ1) is 19.3. The summed E-state index contributed by atoms with van der Waals surface area (Å²) in [5.74, 6) is 1.47. The molecule has 5 rings (SSSR count). The molecule has 0 radical (unpaired) electrons. The molecule has 4 atom stereocenters. The molecular formula is C22H29N3O3S. The van der Waals surface area contributed by atoms with Gasteiger partial charge >= 0.3 is 0 Å². The van der Waals surface area contributed by atoms with Crippen LogP contribution in [0.2, 0.25) is 0 Å². The summed E-state index contributed by atoms with van der Waals surface area (Å²) in [4.78, 5) is 17.9. The summed E-state index contributed by atoms with van der Waals surface area (Å²) in [6.45, 7) is 7.93. The van der Waals surface area contributed by atoms with Gasteiger partial charge in [-0.2, -0.15) is 0 Å². The first-order valence-corrected chi connectivity index (χ1v) is 11.6. The van der Waals surface area contributed by atoms with Crippen LogP contribution in [0.25, 0.3) is 0 Å². The monoisotopic (exact) mass is 415 g/mol. The van der Waals surface area contributed by atoms with Crippen LogP contribution in [-0.2, 0) is 24.1 Å². The number of amides is 1. The van der Waals surface area contributed by atoms with Crippen LogP contribution in [0.5, 0.6) is 0 Å². The second kappa shape index (κ2) is 7.52. The highest BCUT2D eigenvalue weighted by Crippen LogP contribution is 2.54. The Morgan fingerprint density at radius 1 is 1.34 bits per heavy atom. The first-order valence-electron chi connectivity index (χ1n) is 10.8. The summed E-state index contributed by atoms with van der Waals surface area (Å²) in [7, 11) is 0. The number of ether oxygens (including phenoxy) is 1. The largest absolute Gasteiger partial charge is 0.370 e. The van der Waals surface area contributed by atoms with E-state index in [1.807, 2.05) is 18.3 Å². The van der Waals surface area contributed by atoms with E-state index in [1.165, 1.54) is 9.75 Å². The topological polar surface area (TPSA) is 67.6 Å². The number of rotatable bonds is 7. The Balaban J connectivity index is 1.22. The van der Waals surface area contributed by atoms with Crippen molar-refractivity contribution in [3.8, 4) is 0 Å². The molecule has 0 saturated carbocycles. The van der Waals surface area contributed by atoms with Crippen molar-refractivity contribution in [2.45, 2.75) is 57.8 Å². The molecule has 1 spiro atoms. The number of nitrogens with zero attached hydrogens (tertiary/aromatic N) is 2. The van der Waals surface area contributed by atoms with Crippen molar-refractivity contribution in [3.05, 3.63) is 39.4 Å². The zero-order valence-electron chi connectivity index (χ0n) is 17.1. The number of likely N-dealkylation sites (tertiary alicyclic amines) is 1. The van der Waals surface area contributed by atoms with Gasteiger partial charge in [0.2, 0.25) is 0 Å². The van der Waals surface area contributed by atoms with Crippen molar-refractivity contribution < 1.29 is 14.1 Å². The van der Waals surface area contributed by atoms with E-state index in [-0.39, 0.29) is 17.6 Å². The van der Waals surface area contributed by atoms with Gasteiger partial charge in [-0.3, -0.25) is 9.69 Å². The van der Waals surface area contributed by atoms with Crippen molar-refractivity contribution in [1.29, 1.82) is 0 Å². The van der Waals surface area contributed by atoms with Crippen LogP contribution in [0.3, 0.4) is 0 Å². The Bertz CT molecular complexity index is 894. The molecule has 3 fully saturated rings. The molecule has 1 N–H and O–H groups in total. The number of carbonyl (C=O) groups is 1. The number of fused-ring (bicyclic) bond motifs is 1. The fraction of sp³-hybridized carbons (Fsp3) is 0.636. The number of hydrogen-bond donors (Lipinski definition) is 1. The zero-order valence-corrected chi connectivity index (χ0v) is 18.0. The lowest BCUT2D eigenvalue weighted by molar-refractivity contribution is 0.00219. The van der Waals surface area contributed by atoms with Crippen LogP contribution in [-0.4, -0.2) is 47.3 Å². The average Bonchev–Trinajstić information content (AvgIpc) is 3.51. The van der Waals surface area contributed by atoms with Gasteiger partial charge in [-0.1, -0.05) is 19.0 Å². The summed E-state index contributed by atoms with van der Waals surface area (Å²) >= 11 is 1.93. The fourth-order valence-corrected chi connectivity index (χ4v) is 6.49. The van der Waals surface area contributed by atoms with Gasteiger partial charge in [-0.25, -0.2) is 0 Å². The normalized spacial score (nSPS) is 30.8. The lowest BCUT2D eigenvalue weighted by Gasteiger charge is -2.29. The Hall–Kier alpha value is -1.70. The second-order valence-electron chi connectivity index (χ2n) is 8.66. The van der Waals surface area contributed by atoms with Gasteiger partial charge in [-0.05, 0) is 31.4 Å². The van der Waals surface area contributed by atoms with Gasteiger partial charge in [-0.15, -0.1) is 11.3 Å². The predicted octanol–water partition coefficient (Wildman–Crippen LogP) is 3.27. The van der Waals surface area contributed by atoms with E-state index in [1.54, 1.807) is 6.07 Å². The maximum atomic E-state index is 12.5. The molecular weight excluding hydrogens is 386 g/mol. The summed E-state index contributed by atoms with van der Waals surface area (Å²) in [5.41, 5.74) is 0.367. The maximum Gasteiger partial charge on any atom is 0.273 e. The van der Waals surface area contributed by atoms with Crippen LogP contribution in [0.1, 0.15) is 52.7 Å². The zero-order chi connectivity index (χ0) is 20.0. The van der Waals surface area contributed by atoms with Gasteiger partial charge in [0, 0.05) is 60.3 Å². The number of carbonyl (C=O) groups excluding carboxylic acids is 1. The van der Waals surface area contributed by atoms with E-state index >= 15 is 0 Å². The molecule has 156 valence electrons. The van der Waals surface area contributed by atoms with Crippen molar-refractivity contribution in [1.82, 2.24) is 15.4 Å². The number of thiophene rings is 1. The summed E-state index contributed by atoms with van der Waals surface area (Å²) < 4.78 is 11.7. The minimum absolute atomic E-state index is 0.00578. The summed E-state index contributed by atoms with van der Waals surface area (Å²) in [6, 6.07) is 6.26. The van der Waals surface area contributed by atoms with E-state index in [4.69, 9.17) is 9.26 Å². The van der Waals surface area contributed by atoms with Gasteiger partial charge in [0.1, 0.15) is 5.76 Å². The Morgan fingerprint density at radius 3 is 2.97 bits per heavy atom. The summed E-state index contributed by atoms with van der Waals surface area (Å²) in [6.07, 6.45) is 4.38. The standard InChI is InChI=1S/C22H29N3O3S/c1-3-14-9-19(24-28-14)21(26)23-10-17-18-12-25(11-16-6-5-15(4-2)29-16)13-22(18)8-7-20(17)27-22/h5-6,9,17-18,20H,3-4,7-8,10-13H2,1-2H3,(H,23,26)/t17-,18+,20+,22+/m0/s1. The van der Waals surface area contributed by atoms with Gasteiger partial charge in [0.25, 0.3) is 5.91 Å². The Morgan fingerprint density at radius 2 is 2.21 bits per heavy atom. The first-order chi connectivity index (χ1) is 14.1. The van der Waals surface area contributed by atoms with E-state index in [0.29, 0.717) is 24.1 Å². The molecule has 6 nitrogen and oxygen atoms in total. The van der Waals surface area contributed by atoms with E-state index in [9.17, 15) is 4.79 Å². The highest BCUT2D eigenvalue weighted by Gasteiger charge is 2.62. The maximum absolute atomic E-state index is 12.5. The molecule has 7 heteroatoms. The lowest BCUT2D eigenvalue weighted by Crippen LogP contribution is -2.42. The van der Waals surface area contributed by atoms with Crippen molar-refractivity contribution in [3.63, 3.8) is 0 Å². The number of aryl methyl sites for hydroxylation is 2. The van der Waals surface area contributed by atoms with Gasteiger partial charge in [0.05, 0.1) is 11.7 Å². The van der Waals surface area contributed by atoms with Crippen molar-refractivity contribution in [2.75, 3.05) is 19.6 Å². The molecule has 2 aromatic heterocycles. The molecule has 0 aliphatic carbocycles. The van der Waals surface area contributed by atoms with E-state index < -0.39 is 0 Å². The minimum atomic E-state index is -0.147. The SMILES string of the molecule is CCc1cc(C(=O)NC[C@H]2[C@H]3CN(Cc4ccc(CC)s4)C[C@]34CC[C@H]2O4)no1. The molecule has 3 aliphatic heterocycles. The fourth-order valence-electron chi connectivity index (χ4n) is 5.49. The highest BCUT2D eigenvalue weighted by atomic mass is 32.1. The van der Waals surface area contributed by atoms with Gasteiger partial charge < -0.3 is 14.6 Å². The number of aromatic nitrogens is 1. The van der Waals surface area contributed by atoms with E-state index in [0.717, 1.165) is 51.1 Å². The molecule has 3 aliphatic rings. The molecule has 2 bridgehead atoms. The Labute approximate surface area is 175 Å². The second-order valence-corrected chi connectivity index (χ2v) is 9.92. The molecule has 0 unspecified atom stereocenters. The molecule has 5 heterocycles. The average molecular weight is 416 g/mol. The van der Waals surface area contributed by atoms with Crippen LogP contribution < -0.4 is 5.32 Å². The molecule has 2 aromatic rings. The molecule has 1 amide bonds. The van der Waals surface area contributed by atoms with Crippen molar-refractivity contribution in [2.24, 2.45) is 11.8 Å². The predicted molar refractivity (Wildman–Crippen MR) is 111 cm³/mol. The van der Waals surface area contributed by atoms with E-state index in [2.05, 4.69) is 34.4 Å². The molecule has 3 saturated heterocycles. The minimum Gasteiger partial charge on any atom is -0.370 e. The Kier molecular flexibility index (Phi) is 5.00. The van der Waals surface area contributed by atoms with Crippen LogP contribution in [0.15, 0.2) is 22.7 Å². The molecule has 0 aromatic carbocycles. The lowest BCUT2D eigenvalue weighted by atomic mass is 9.73. The smallest absolute Gasteiger partial charge is 0.273 e. The van der Waals surface area contributed by atoms with Crippen LogP contribution >= 0.6 is 11.3 Å². The van der Waals surface area contributed by atoms with Gasteiger partial charge in [0.15, 0.2) is 5.69 Å². The number of hydrogen-bond acceptors (Lipinski definition) is 6. The third-order valence-electron chi connectivity index (χ3n) is 6.94. The highest BCUT2D eigenvalue weighted by molar-refractivity contribution is 7.11. The third kappa shape index (κ3) is 3.43. The van der Waals surface area contributed by atoms with Crippen molar-refractivity contribution >= 4 is 17.2 Å². The summed E-state index contributed by atoms with van der Waals surface area (Å²) in [5, 5.41) is 6.98. The van der Waals surface area contributed by atoms with Crippen LogP contribution in [0.4, 0.5) is 0 Å².